The van der Waals surface area contributed by atoms with Crippen LogP contribution in [0.1, 0.15) is 20.8 Å². The second kappa shape index (κ2) is 10.4. The molecule has 2 heterocycles. The van der Waals surface area contributed by atoms with Gasteiger partial charge in [-0.2, -0.15) is 17.0 Å². The van der Waals surface area contributed by atoms with Crippen molar-refractivity contribution in [3.63, 3.8) is 0 Å². The number of hydrogen-bond acceptors (Lipinski definition) is 6. The van der Waals surface area contributed by atoms with Crippen LogP contribution in [0.15, 0.2) is 0 Å². The maximum Gasteiger partial charge on any atom is 0.409 e. The summed E-state index contributed by atoms with van der Waals surface area (Å²) in [5.41, 5.74) is 0. The monoisotopic (exact) mass is 419 g/mol. The maximum atomic E-state index is 12.9. The third kappa shape index (κ3) is 5.56. The smallest absolute Gasteiger partial charge is 0.409 e. The van der Waals surface area contributed by atoms with Crippen LogP contribution in [-0.2, 0) is 19.7 Å². The molecule has 2 aliphatic rings. The zero-order valence-corrected chi connectivity index (χ0v) is 18.0. The van der Waals surface area contributed by atoms with Gasteiger partial charge in [-0.3, -0.25) is 9.69 Å². The predicted molar refractivity (Wildman–Crippen MR) is 105 cm³/mol. The second-order valence-electron chi connectivity index (χ2n) is 6.83. The van der Waals surface area contributed by atoms with Gasteiger partial charge in [-0.25, -0.2) is 4.79 Å². The Morgan fingerprint density at radius 1 is 0.857 bits per heavy atom. The average molecular weight is 420 g/mol. The van der Waals surface area contributed by atoms with Crippen molar-refractivity contribution in [1.82, 2.24) is 23.3 Å². The van der Waals surface area contributed by atoms with E-state index in [4.69, 9.17) is 4.74 Å². The third-order valence-corrected chi connectivity index (χ3v) is 7.26. The van der Waals surface area contributed by atoms with Gasteiger partial charge < -0.3 is 14.5 Å². The maximum absolute atomic E-state index is 12.9. The molecule has 11 heteroatoms. The third-order valence-electron chi connectivity index (χ3n) is 5.22. The highest BCUT2D eigenvalue weighted by molar-refractivity contribution is 7.86. The molecule has 0 atom stereocenters. The summed E-state index contributed by atoms with van der Waals surface area (Å²) in [5, 5.41) is 0. The van der Waals surface area contributed by atoms with E-state index in [-0.39, 0.29) is 19.0 Å². The van der Waals surface area contributed by atoms with Crippen molar-refractivity contribution >= 4 is 22.2 Å². The molecular weight excluding hydrogens is 386 g/mol. The summed E-state index contributed by atoms with van der Waals surface area (Å²) < 4.78 is 33.7. The van der Waals surface area contributed by atoms with Crippen molar-refractivity contribution in [3.8, 4) is 0 Å². The van der Waals surface area contributed by atoms with E-state index in [1.54, 1.807) is 11.8 Å². The lowest BCUT2D eigenvalue weighted by Crippen LogP contribution is -2.58. The van der Waals surface area contributed by atoms with Crippen molar-refractivity contribution in [2.24, 2.45) is 0 Å². The lowest BCUT2D eigenvalue weighted by molar-refractivity contribution is -0.132. The zero-order valence-electron chi connectivity index (χ0n) is 17.2. The molecule has 162 valence electrons. The van der Waals surface area contributed by atoms with Crippen molar-refractivity contribution in [1.29, 1.82) is 0 Å². The summed E-state index contributed by atoms with van der Waals surface area (Å²) in [5.74, 6) is 0.0800. The molecule has 0 spiro atoms. The summed E-state index contributed by atoms with van der Waals surface area (Å²) in [6, 6.07) is 0. The molecule has 10 nitrogen and oxygen atoms in total. The van der Waals surface area contributed by atoms with E-state index >= 15 is 0 Å². The van der Waals surface area contributed by atoms with Crippen molar-refractivity contribution < 1.29 is 22.7 Å². The Balaban J connectivity index is 1.83. The van der Waals surface area contributed by atoms with Gasteiger partial charge in [-0.1, -0.05) is 0 Å². The zero-order chi connectivity index (χ0) is 20.7. The molecule has 0 aromatic carbocycles. The summed E-state index contributed by atoms with van der Waals surface area (Å²) in [4.78, 5) is 29.3. The van der Waals surface area contributed by atoms with Gasteiger partial charge in [0.15, 0.2) is 0 Å². The largest absolute Gasteiger partial charge is 0.450 e. The normalized spacial score (nSPS) is 20.2. The molecule has 0 unspecified atom stereocenters. The van der Waals surface area contributed by atoms with E-state index < -0.39 is 16.3 Å². The van der Waals surface area contributed by atoms with Crippen LogP contribution in [0.4, 0.5) is 4.79 Å². The highest BCUT2D eigenvalue weighted by Gasteiger charge is 2.35. The fourth-order valence-electron chi connectivity index (χ4n) is 3.47. The number of ether oxygens (including phenoxy) is 1. The van der Waals surface area contributed by atoms with E-state index in [2.05, 4.69) is 0 Å². The van der Waals surface area contributed by atoms with Gasteiger partial charge >= 0.3 is 6.09 Å². The van der Waals surface area contributed by atoms with E-state index in [0.29, 0.717) is 65.5 Å². The van der Waals surface area contributed by atoms with Crippen molar-refractivity contribution in [2.75, 3.05) is 78.6 Å². The minimum Gasteiger partial charge on any atom is -0.450 e. The van der Waals surface area contributed by atoms with Gasteiger partial charge in [0.25, 0.3) is 10.2 Å². The Bertz CT molecular complexity index is 624. The number of piperazine rings is 2. The molecule has 2 rings (SSSR count). The molecule has 2 amide bonds. The van der Waals surface area contributed by atoms with Crippen LogP contribution in [0.5, 0.6) is 0 Å². The van der Waals surface area contributed by atoms with Crippen LogP contribution in [0.25, 0.3) is 0 Å². The van der Waals surface area contributed by atoms with Gasteiger partial charge in [0.1, 0.15) is 0 Å². The van der Waals surface area contributed by atoms with E-state index in [0.717, 1.165) is 0 Å². The quantitative estimate of drug-likeness (QED) is 0.552. The Morgan fingerprint density at radius 3 is 1.82 bits per heavy atom. The SMILES string of the molecule is CCOC(=O)N1CCN(S(=O)(=O)N2CCN(CC(=O)N(CC)CC)CC2)CC1. The minimum absolute atomic E-state index is 0.0800. The average Bonchev–Trinajstić information content (AvgIpc) is 2.69. The topological polar surface area (TPSA) is 93.7 Å². The Morgan fingerprint density at radius 2 is 1.36 bits per heavy atom. The van der Waals surface area contributed by atoms with Gasteiger partial charge in [-0.15, -0.1) is 0 Å². The summed E-state index contributed by atoms with van der Waals surface area (Å²) >= 11 is 0. The van der Waals surface area contributed by atoms with E-state index in [9.17, 15) is 18.0 Å². The van der Waals surface area contributed by atoms with E-state index in [1.807, 2.05) is 18.7 Å². The Kier molecular flexibility index (Phi) is 8.47. The van der Waals surface area contributed by atoms with Crippen LogP contribution >= 0.6 is 0 Å². The molecule has 0 aromatic rings. The molecule has 0 aliphatic carbocycles. The van der Waals surface area contributed by atoms with Gasteiger partial charge in [0, 0.05) is 65.4 Å². The van der Waals surface area contributed by atoms with Crippen molar-refractivity contribution in [3.05, 3.63) is 0 Å². The molecule has 0 saturated carbocycles. The van der Waals surface area contributed by atoms with Crippen LogP contribution in [-0.4, -0.2) is 122 Å². The van der Waals surface area contributed by atoms with Crippen LogP contribution in [0.2, 0.25) is 0 Å². The molecule has 0 N–H and O–H groups in total. The summed E-state index contributed by atoms with van der Waals surface area (Å²) in [7, 11) is -3.56. The minimum atomic E-state index is -3.56. The highest BCUT2D eigenvalue weighted by Crippen LogP contribution is 2.15. The number of carbonyl (C=O) groups is 2. The number of hydrogen-bond donors (Lipinski definition) is 0. The molecule has 0 radical (unpaired) electrons. The van der Waals surface area contributed by atoms with Gasteiger partial charge in [0.05, 0.1) is 13.2 Å². The molecule has 2 fully saturated rings. The summed E-state index contributed by atoms with van der Waals surface area (Å²) in [6.45, 7) is 10.6. The van der Waals surface area contributed by atoms with Crippen molar-refractivity contribution in [2.45, 2.75) is 20.8 Å². The van der Waals surface area contributed by atoms with Crippen LogP contribution in [0, 0.1) is 0 Å². The lowest BCUT2D eigenvalue weighted by atomic mass is 10.3. The fraction of sp³-hybridized carbons (Fsp3) is 0.882. The van der Waals surface area contributed by atoms with Crippen LogP contribution in [0.3, 0.4) is 0 Å². The number of nitrogens with zero attached hydrogens (tertiary/aromatic N) is 5. The van der Waals surface area contributed by atoms with Crippen LogP contribution < -0.4 is 0 Å². The highest BCUT2D eigenvalue weighted by atomic mass is 32.2. The molecule has 2 aliphatic heterocycles. The molecule has 0 bridgehead atoms. The number of amides is 2. The first-order chi connectivity index (χ1) is 13.3. The molecule has 28 heavy (non-hydrogen) atoms. The molecule has 2 saturated heterocycles. The fourth-order valence-corrected chi connectivity index (χ4v) is 5.04. The molecule has 0 aromatic heterocycles. The molecular formula is C17H33N5O5S. The Labute approximate surface area is 168 Å². The first-order valence-electron chi connectivity index (χ1n) is 10.0. The Hall–Kier alpha value is -1.43. The number of likely N-dealkylation sites (N-methyl/N-ethyl adjacent to an activating group) is 1. The first kappa shape index (κ1) is 22.9. The predicted octanol–water partition coefficient (Wildman–Crippen LogP) is -0.509. The second-order valence-corrected chi connectivity index (χ2v) is 8.76. The van der Waals surface area contributed by atoms with E-state index in [1.165, 1.54) is 13.5 Å². The number of rotatable bonds is 7. The summed E-state index contributed by atoms with van der Waals surface area (Å²) in [6.07, 6.45) is -0.397. The number of carbonyl (C=O) groups excluding carboxylic acids is 2. The van der Waals surface area contributed by atoms with Gasteiger partial charge in [0.2, 0.25) is 5.91 Å². The van der Waals surface area contributed by atoms with Gasteiger partial charge in [-0.05, 0) is 20.8 Å². The first-order valence-corrected chi connectivity index (χ1v) is 11.4. The lowest BCUT2D eigenvalue weighted by Gasteiger charge is -2.39. The standard InChI is InChI=1S/C17H33N5O5S/c1-4-19(5-2)16(23)15-18-7-11-21(12-8-18)28(25,26)22-13-9-20(10-14-22)17(24)27-6-3/h4-15H2,1-3H3.